The summed E-state index contributed by atoms with van der Waals surface area (Å²) in [5.74, 6) is -2.75. The quantitative estimate of drug-likeness (QED) is 0.270. The average Bonchev–Trinajstić information content (AvgIpc) is 2.88. The van der Waals surface area contributed by atoms with Gasteiger partial charge in [-0.25, -0.2) is 9.37 Å². The second kappa shape index (κ2) is 12.3. The molecule has 0 bridgehead atoms. The van der Waals surface area contributed by atoms with Gasteiger partial charge in [-0.3, -0.25) is 14.5 Å². The van der Waals surface area contributed by atoms with Gasteiger partial charge < -0.3 is 15.2 Å². The molecular weight excluding hydrogens is 578 g/mol. The fourth-order valence-corrected chi connectivity index (χ4v) is 4.73. The van der Waals surface area contributed by atoms with Crippen LogP contribution in [-0.2, 0) is 0 Å². The Morgan fingerprint density at radius 3 is 2.48 bits per heavy atom. The molecule has 42 heavy (non-hydrogen) atoms. The van der Waals surface area contributed by atoms with Crippen LogP contribution in [0.3, 0.4) is 0 Å². The third kappa shape index (κ3) is 7.38. The van der Waals surface area contributed by atoms with E-state index in [2.05, 4.69) is 10.3 Å². The number of nitrogens with zero attached hydrogens (tertiary/aromatic N) is 2. The molecule has 0 atom stereocenters. The largest absolute Gasteiger partial charge is 0.480 e. The Bertz CT molecular complexity index is 1470. The highest BCUT2D eigenvalue weighted by Gasteiger charge is 2.31. The molecule has 1 aliphatic rings. The van der Waals surface area contributed by atoms with Gasteiger partial charge in [-0.05, 0) is 74.1 Å². The first kappa shape index (κ1) is 31.2. The van der Waals surface area contributed by atoms with Crippen molar-refractivity contribution >= 4 is 29.2 Å². The number of carbonyl (C=O) groups excluding carboxylic acids is 2. The summed E-state index contributed by atoms with van der Waals surface area (Å²) in [7, 11) is 1.22. The van der Waals surface area contributed by atoms with Gasteiger partial charge in [0.1, 0.15) is 5.82 Å². The summed E-state index contributed by atoms with van der Waals surface area (Å²) in [5, 5.41) is 12.5. The van der Waals surface area contributed by atoms with Crippen LogP contribution in [0.15, 0.2) is 48.7 Å². The van der Waals surface area contributed by atoms with Gasteiger partial charge in [-0.1, -0.05) is 30.2 Å². The normalized spacial score (nSPS) is 13.8. The van der Waals surface area contributed by atoms with Crippen LogP contribution >= 0.6 is 11.6 Å². The number of anilines is 1. The van der Waals surface area contributed by atoms with E-state index in [9.17, 15) is 32.3 Å². The van der Waals surface area contributed by atoms with E-state index < -0.39 is 41.6 Å². The summed E-state index contributed by atoms with van der Waals surface area (Å²) in [4.78, 5) is 31.1. The first-order valence-electron chi connectivity index (χ1n) is 13.2. The number of nitrogens with one attached hydrogen (secondary N) is 1. The van der Waals surface area contributed by atoms with E-state index in [0.717, 1.165) is 35.8 Å². The predicted molar refractivity (Wildman–Crippen MR) is 151 cm³/mol. The predicted octanol–water partition coefficient (Wildman–Crippen LogP) is 6.53. The maximum atomic E-state index is 14.5. The van der Waals surface area contributed by atoms with Crippen molar-refractivity contribution in [1.82, 2.24) is 10.3 Å². The SMILES string of the molecule is CN(C(=O)c1c(F)cccc1Cl)c1ncc(-c2cc(C(=O)NCC(C)(C)O)ccc2C2CCC2)cc1OCC(F)(F)F. The lowest BCUT2D eigenvalue weighted by molar-refractivity contribution is -0.153. The van der Waals surface area contributed by atoms with Crippen molar-refractivity contribution < 1.29 is 37.0 Å². The molecule has 7 nitrogen and oxygen atoms in total. The maximum absolute atomic E-state index is 14.5. The molecule has 1 fully saturated rings. The molecular formula is C30H30ClF4N3O4. The fraction of sp³-hybridized carbons (Fsp3) is 0.367. The van der Waals surface area contributed by atoms with Crippen LogP contribution in [0.1, 0.15) is 65.3 Å². The molecule has 4 rings (SSSR count). The molecule has 1 heterocycles. The number of hydrogen-bond acceptors (Lipinski definition) is 5. The van der Waals surface area contributed by atoms with Gasteiger partial charge in [-0.2, -0.15) is 13.2 Å². The van der Waals surface area contributed by atoms with Crippen LogP contribution in [0.25, 0.3) is 11.1 Å². The molecule has 224 valence electrons. The Morgan fingerprint density at radius 2 is 1.88 bits per heavy atom. The highest BCUT2D eigenvalue weighted by atomic mass is 35.5. The molecule has 0 saturated heterocycles. The number of alkyl halides is 3. The number of halogens is 5. The Hall–Kier alpha value is -3.70. The molecule has 2 N–H and O–H groups in total. The van der Waals surface area contributed by atoms with E-state index >= 15 is 0 Å². The molecule has 2 aromatic carbocycles. The van der Waals surface area contributed by atoms with E-state index in [0.29, 0.717) is 11.1 Å². The van der Waals surface area contributed by atoms with Gasteiger partial charge in [0.05, 0.1) is 16.2 Å². The summed E-state index contributed by atoms with van der Waals surface area (Å²) in [6.07, 6.45) is -0.513. The number of hydrogen-bond donors (Lipinski definition) is 2. The lowest BCUT2D eigenvalue weighted by Crippen LogP contribution is -2.38. The number of amides is 2. The van der Waals surface area contributed by atoms with Crippen LogP contribution < -0.4 is 15.0 Å². The van der Waals surface area contributed by atoms with Gasteiger partial charge in [0.25, 0.3) is 11.8 Å². The Labute approximate surface area is 245 Å². The topological polar surface area (TPSA) is 91.8 Å². The van der Waals surface area contributed by atoms with Crippen LogP contribution in [-0.4, -0.2) is 53.9 Å². The van der Waals surface area contributed by atoms with Crippen molar-refractivity contribution in [3.8, 4) is 16.9 Å². The Morgan fingerprint density at radius 1 is 1.17 bits per heavy atom. The highest BCUT2D eigenvalue weighted by Crippen LogP contribution is 2.43. The molecule has 1 aliphatic carbocycles. The van der Waals surface area contributed by atoms with Crippen LogP contribution in [0, 0.1) is 5.82 Å². The summed E-state index contributed by atoms with van der Waals surface area (Å²) in [6, 6.07) is 10.1. The summed E-state index contributed by atoms with van der Waals surface area (Å²) < 4.78 is 59.2. The van der Waals surface area contributed by atoms with Gasteiger partial charge in [0.15, 0.2) is 18.2 Å². The monoisotopic (exact) mass is 607 g/mol. The van der Waals surface area contributed by atoms with Crippen LogP contribution in [0.4, 0.5) is 23.4 Å². The van der Waals surface area contributed by atoms with E-state index in [1.54, 1.807) is 32.0 Å². The number of rotatable bonds is 9. The van der Waals surface area contributed by atoms with Crippen molar-refractivity contribution in [2.45, 2.75) is 50.8 Å². The lowest BCUT2D eigenvalue weighted by Gasteiger charge is -2.29. The fourth-order valence-electron chi connectivity index (χ4n) is 4.49. The molecule has 1 saturated carbocycles. The zero-order valence-electron chi connectivity index (χ0n) is 23.2. The maximum Gasteiger partial charge on any atom is 0.422 e. The van der Waals surface area contributed by atoms with Gasteiger partial charge in [0, 0.05) is 30.9 Å². The molecule has 3 aromatic rings. The number of aliphatic hydroxyl groups is 1. The molecule has 1 aromatic heterocycles. The minimum Gasteiger partial charge on any atom is -0.480 e. The first-order chi connectivity index (χ1) is 19.6. The Balaban J connectivity index is 1.77. The van der Waals surface area contributed by atoms with E-state index in [1.807, 2.05) is 0 Å². The third-order valence-corrected chi connectivity index (χ3v) is 7.19. The second-order valence-corrected chi connectivity index (χ2v) is 11.2. The van der Waals surface area contributed by atoms with Crippen LogP contribution in [0.5, 0.6) is 5.75 Å². The minimum atomic E-state index is -4.69. The second-order valence-electron chi connectivity index (χ2n) is 10.8. The van der Waals surface area contributed by atoms with Crippen molar-refractivity contribution in [2.24, 2.45) is 0 Å². The number of carbonyl (C=O) groups is 2. The molecule has 0 aliphatic heterocycles. The average molecular weight is 608 g/mol. The zero-order valence-corrected chi connectivity index (χ0v) is 23.9. The van der Waals surface area contributed by atoms with Crippen molar-refractivity contribution in [1.29, 1.82) is 0 Å². The summed E-state index contributed by atoms with van der Waals surface area (Å²) in [6.45, 7) is 1.44. The van der Waals surface area contributed by atoms with E-state index in [1.165, 1.54) is 31.4 Å². The first-order valence-corrected chi connectivity index (χ1v) is 13.6. The molecule has 0 unspecified atom stereocenters. The van der Waals surface area contributed by atoms with Gasteiger partial charge >= 0.3 is 6.18 Å². The summed E-state index contributed by atoms with van der Waals surface area (Å²) in [5.41, 5.74) is 0.495. The minimum absolute atomic E-state index is 0.00359. The number of aromatic nitrogens is 1. The lowest BCUT2D eigenvalue weighted by atomic mass is 9.77. The van der Waals surface area contributed by atoms with Gasteiger partial charge in [0.2, 0.25) is 0 Å². The number of pyridine rings is 1. The Kier molecular flexibility index (Phi) is 9.12. The number of ether oxygens (including phenoxy) is 1. The number of benzene rings is 2. The third-order valence-electron chi connectivity index (χ3n) is 6.88. The van der Waals surface area contributed by atoms with E-state index in [4.69, 9.17) is 16.3 Å². The molecule has 0 spiro atoms. The van der Waals surface area contributed by atoms with Crippen molar-refractivity contribution in [3.05, 3.63) is 76.2 Å². The summed E-state index contributed by atoms with van der Waals surface area (Å²) >= 11 is 6.04. The molecule has 0 radical (unpaired) electrons. The van der Waals surface area contributed by atoms with Crippen molar-refractivity contribution in [2.75, 3.05) is 25.1 Å². The van der Waals surface area contributed by atoms with Gasteiger partial charge in [-0.15, -0.1) is 0 Å². The smallest absolute Gasteiger partial charge is 0.422 e. The standard InChI is InChI=1S/C30H30ClF4N3O4/c1-29(2,41)15-37-27(39)18-10-11-20(17-6-4-7-17)21(12-18)19-13-24(42-16-30(33,34)35)26(36-14-19)38(3)28(40)25-22(31)8-5-9-23(25)32/h5,8-14,17,41H,4,6-7,15-16H2,1-3H3,(H,37,39). The zero-order chi connectivity index (χ0) is 30.8. The van der Waals surface area contributed by atoms with Crippen molar-refractivity contribution in [3.63, 3.8) is 0 Å². The van der Waals surface area contributed by atoms with E-state index in [-0.39, 0.29) is 34.6 Å². The highest BCUT2D eigenvalue weighted by molar-refractivity contribution is 6.34. The molecule has 12 heteroatoms. The van der Waals surface area contributed by atoms with Crippen LogP contribution in [0.2, 0.25) is 5.02 Å². The molecule has 2 amide bonds.